The largest absolute Gasteiger partial charge is 0.493 e. The third kappa shape index (κ3) is 4.74. The second-order valence-electron chi connectivity index (χ2n) is 9.09. The summed E-state index contributed by atoms with van der Waals surface area (Å²) in [5.41, 5.74) is 1.03. The van der Waals surface area contributed by atoms with Crippen LogP contribution in [0.5, 0.6) is 5.75 Å². The van der Waals surface area contributed by atoms with Crippen LogP contribution in [-0.4, -0.2) is 71.1 Å². The zero-order valence-corrected chi connectivity index (χ0v) is 22.2. The number of aromatic amines is 1. The van der Waals surface area contributed by atoms with Gasteiger partial charge in [0.25, 0.3) is 5.56 Å². The molecule has 3 heterocycles. The van der Waals surface area contributed by atoms with Crippen LogP contribution in [0.4, 0.5) is 0 Å². The van der Waals surface area contributed by atoms with Crippen molar-refractivity contribution in [3.63, 3.8) is 0 Å². The summed E-state index contributed by atoms with van der Waals surface area (Å²) in [7, 11) is -2.26. The van der Waals surface area contributed by atoms with Crippen LogP contribution in [-0.2, 0) is 23.6 Å². The van der Waals surface area contributed by atoms with Crippen LogP contribution >= 0.6 is 0 Å². The summed E-state index contributed by atoms with van der Waals surface area (Å²) in [5, 5.41) is 0. The predicted octanol–water partition coefficient (Wildman–Crippen LogP) is 2.22. The lowest BCUT2D eigenvalue weighted by Crippen LogP contribution is -2.48. The van der Waals surface area contributed by atoms with Crippen LogP contribution < -0.4 is 16.0 Å². The molecular formula is C25H35N5O5S. The summed E-state index contributed by atoms with van der Waals surface area (Å²) in [6.45, 7) is 10.1. The lowest BCUT2D eigenvalue weighted by Gasteiger charge is -2.33. The topological polar surface area (TPSA) is 110 Å². The summed E-state index contributed by atoms with van der Waals surface area (Å²) in [6.07, 6.45) is 1.50. The number of likely N-dealkylation sites (N-methyl/N-ethyl adjacent to an activating group) is 1. The van der Waals surface area contributed by atoms with Crippen LogP contribution in [0.2, 0.25) is 0 Å². The van der Waals surface area contributed by atoms with Gasteiger partial charge in [0.15, 0.2) is 0 Å². The molecule has 196 valence electrons. The van der Waals surface area contributed by atoms with E-state index < -0.39 is 15.6 Å². The second-order valence-corrected chi connectivity index (χ2v) is 11.0. The van der Waals surface area contributed by atoms with E-state index in [0.717, 1.165) is 24.0 Å². The van der Waals surface area contributed by atoms with Gasteiger partial charge in [0.1, 0.15) is 11.3 Å². The minimum Gasteiger partial charge on any atom is -0.493 e. The molecule has 36 heavy (non-hydrogen) atoms. The molecule has 1 fully saturated rings. The molecule has 0 atom stereocenters. The van der Waals surface area contributed by atoms with Crippen LogP contribution in [0, 0.1) is 0 Å². The highest BCUT2D eigenvalue weighted by molar-refractivity contribution is 7.89. The van der Waals surface area contributed by atoms with Gasteiger partial charge in [0.05, 0.1) is 22.7 Å². The van der Waals surface area contributed by atoms with Crippen molar-refractivity contribution >= 4 is 21.1 Å². The molecule has 0 unspecified atom stereocenters. The Hall–Kier alpha value is -2.89. The molecular weight excluding hydrogens is 482 g/mol. The van der Waals surface area contributed by atoms with Gasteiger partial charge in [-0.05, 0) is 43.7 Å². The van der Waals surface area contributed by atoms with E-state index in [2.05, 4.69) is 16.8 Å². The standard InChI is InChI=1S/C25H35N5O5S/c1-5-10-30-21-17-20(26-23(21)24(31)27(4)25(30)32)19-16-18(8-9-22(19)35-15-6-2)36(33,34)29-13-11-28(7-3)12-14-29/h8-9,16-17,26H,5-7,10-15H2,1-4H3. The fourth-order valence-corrected chi connectivity index (χ4v) is 6.05. The maximum atomic E-state index is 13.5. The lowest BCUT2D eigenvalue weighted by atomic mass is 10.1. The smallest absolute Gasteiger partial charge is 0.331 e. The Morgan fingerprint density at radius 2 is 1.72 bits per heavy atom. The number of nitrogens with one attached hydrogen (secondary N) is 1. The van der Waals surface area contributed by atoms with Crippen molar-refractivity contribution in [3.8, 4) is 17.0 Å². The molecule has 3 aromatic rings. The third-order valence-corrected chi connectivity index (χ3v) is 8.58. The van der Waals surface area contributed by atoms with Gasteiger partial charge < -0.3 is 14.6 Å². The van der Waals surface area contributed by atoms with Crippen molar-refractivity contribution in [1.29, 1.82) is 0 Å². The van der Waals surface area contributed by atoms with Crippen molar-refractivity contribution in [2.24, 2.45) is 7.05 Å². The van der Waals surface area contributed by atoms with Gasteiger partial charge >= 0.3 is 5.69 Å². The molecule has 0 aliphatic carbocycles. The summed E-state index contributed by atoms with van der Waals surface area (Å²) in [6, 6.07) is 6.58. The highest BCUT2D eigenvalue weighted by Crippen LogP contribution is 2.34. The number of aryl methyl sites for hydroxylation is 1. The van der Waals surface area contributed by atoms with E-state index in [4.69, 9.17) is 4.74 Å². The van der Waals surface area contributed by atoms with E-state index in [9.17, 15) is 18.0 Å². The molecule has 4 rings (SSSR count). The van der Waals surface area contributed by atoms with Gasteiger partial charge in [-0.15, -0.1) is 0 Å². The average Bonchev–Trinajstić information content (AvgIpc) is 3.34. The Labute approximate surface area is 211 Å². The number of hydrogen-bond acceptors (Lipinski definition) is 6. The molecule has 1 aromatic carbocycles. The van der Waals surface area contributed by atoms with Crippen molar-refractivity contribution in [2.45, 2.75) is 45.1 Å². The fourth-order valence-electron chi connectivity index (χ4n) is 4.60. The minimum absolute atomic E-state index is 0.170. The number of sulfonamides is 1. The monoisotopic (exact) mass is 517 g/mol. The molecule has 0 saturated carbocycles. The Bertz CT molecular complexity index is 1460. The van der Waals surface area contributed by atoms with E-state index in [0.29, 0.717) is 67.4 Å². The number of hydrogen-bond donors (Lipinski definition) is 1. The number of aromatic nitrogens is 3. The lowest BCUT2D eigenvalue weighted by molar-refractivity contribution is 0.196. The molecule has 1 saturated heterocycles. The maximum absolute atomic E-state index is 13.5. The molecule has 1 aliphatic rings. The van der Waals surface area contributed by atoms with E-state index >= 15 is 0 Å². The molecule has 0 spiro atoms. The Balaban J connectivity index is 1.85. The molecule has 10 nitrogen and oxygen atoms in total. The molecule has 11 heteroatoms. The number of rotatable bonds is 9. The molecule has 1 aliphatic heterocycles. The summed E-state index contributed by atoms with van der Waals surface area (Å²) in [4.78, 5) is 31.2. The van der Waals surface area contributed by atoms with E-state index in [1.54, 1.807) is 28.8 Å². The zero-order valence-electron chi connectivity index (χ0n) is 21.4. The molecule has 1 N–H and O–H groups in total. The minimum atomic E-state index is -3.71. The number of benzene rings is 1. The number of ether oxygens (including phenoxy) is 1. The normalized spacial score (nSPS) is 15.6. The Morgan fingerprint density at radius 3 is 2.36 bits per heavy atom. The average molecular weight is 518 g/mol. The first-order valence-electron chi connectivity index (χ1n) is 12.5. The first-order chi connectivity index (χ1) is 17.2. The first kappa shape index (κ1) is 26.2. The van der Waals surface area contributed by atoms with E-state index in [1.807, 2.05) is 13.8 Å². The van der Waals surface area contributed by atoms with Crippen LogP contribution in [0.25, 0.3) is 22.3 Å². The van der Waals surface area contributed by atoms with Gasteiger partial charge in [0.2, 0.25) is 10.0 Å². The van der Waals surface area contributed by atoms with Gasteiger partial charge in [-0.3, -0.25) is 13.9 Å². The maximum Gasteiger partial charge on any atom is 0.331 e. The fraction of sp³-hybridized carbons (Fsp3) is 0.520. The number of fused-ring (bicyclic) bond motifs is 1. The van der Waals surface area contributed by atoms with Crippen molar-refractivity contribution in [2.75, 3.05) is 39.3 Å². The highest BCUT2D eigenvalue weighted by atomic mass is 32.2. The van der Waals surface area contributed by atoms with Crippen molar-refractivity contribution < 1.29 is 13.2 Å². The third-order valence-electron chi connectivity index (χ3n) is 6.69. The second kappa shape index (κ2) is 10.6. The van der Waals surface area contributed by atoms with Gasteiger partial charge in [0, 0.05) is 45.3 Å². The van der Waals surface area contributed by atoms with Crippen molar-refractivity contribution in [3.05, 3.63) is 45.1 Å². The summed E-state index contributed by atoms with van der Waals surface area (Å²) in [5.74, 6) is 0.513. The van der Waals surface area contributed by atoms with Crippen LogP contribution in [0.15, 0.2) is 38.8 Å². The van der Waals surface area contributed by atoms with Gasteiger partial charge in [-0.1, -0.05) is 20.8 Å². The molecule has 0 bridgehead atoms. The SMILES string of the molecule is CCCOc1ccc(S(=O)(=O)N2CCN(CC)CC2)cc1-c1cc2c([nH]1)c(=O)n(C)c(=O)n2CCC. The predicted molar refractivity (Wildman–Crippen MR) is 140 cm³/mol. The molecule has 0 radical (unpaired) electrons. The van der Waals surface area contributed by atoms with Crippen molar-refractivity contribution in [1.82, 2.24) is 23.3 Å². The number of nitrogens with zero attached hydrogens (tertiary/aromatic N) is 4. The Morgan fingerprint density at radius 1 is 1.00 bits per heavy atom. The number of piperazine rings is 1. The van der Waals surface area contributed by atoms with E-state index in [-0.39, 0.29) is 10.6 Å². The molecule has 2 aromatic heterocycles. The quantitative estimate of drug-likeness (QED) is 0.466. The first-order valence-corrected chi connectivity index (χ1v) is 14.0. The van der Waals surface area contributed by atoms with Gasteiger partial charge in [-0.2, -0.15) is 4.31 Å². The highest BCUT2D eigenvalue weighted by Gasteiger charge is 2.29. The van der Waals surface area contributed by atoms with Gasteiger partial charge in [-0.25, -0.2) is 13.2 Å². The zero-order chi connectivity index (χ0) is 26.0. The van der Waals surface area contributed by atoms with Crippen LogP contribution in [0.3, 0.4) is 0 Å². The van der Waals surface area contributed by atoms with Crippen LogP contribution in [0.1, 0.15) is 33.6 Å². The number of H-pyrrole nitrogens is 1. The molecule has 0 amide bonds. The van der Waals surface area contributed by atoms with E-state index in [1.165, 1.54) is 11.4 Å². The summed E-state index contributed by atoms with van der Waals surface area (Å²) >= 11 is 0. The summed E-state index contributed by atoms with van der Waals surface area (Å²) < 4.78 is 37.1. The Kier molecular flexibility index (Phi) is 7.72.